The number of rotatable bonds is 7. The van der Waals surface area contributed by atoms with Gasteiger partial charge in [0.25, 0.3) is 0 Å². The van der Waals surface area contributed by atoms with Crippen LogP contribution in [0, 0.1) is 5.92 Å². The Hall–Kier alpha value is -0.680. The van der Waals surface area contributed by atoms with E-state index in [0.717, 1.165) is 34.3 Å². The first-order valence-corrected chi connectivity index (χ1v) is 8.77. The first-order valence-electron chi connectivity index (χ1n) is 6.73. The molecule has 0 bridgehead atoms. The molecule has 0 saturated carbocycles. The largest absolute Gasteiger partial charge is 0.396 e. The van der Waals surface area contributed by atoms with Gasteiger partial charge in [0.2, 0.25) is 0 Å². The number of nitrogen functional groups attached to an aromatic ring is 1. The Morgan fingerprint density at radius 3 is 2.47 bits per heavy atom. The normalized spacial score (nSPS) is 11.1. The lowest BCUT2D eigenvalue weighted by Crippen LogP contribution is -2.22. The van der Waals surface area contributed by atoms with E-state index in [0.29, 0.717) is 5.69 Å². The fourth-order valence-corrected chi connectivity index (χ4v) is 4.30. The van der Waals surface area contributed by atoms with Gasteiger partial charge in [0.15, 0.2) is 5.78 Å². The summed E-state index contributed by atoms with van der Waals surface area (Å²) in [4.78, 5) is 16.3. The summed E-state index contributed by atoms with van der Waals surface area (Å²) in [6.45, 7) is 10.1. The van der Waals surface area contributed by atoms with Crippen LogP contribution in [0.2, 0.25) is 0 Å². The molecule has 1 aromatic heterocycles. The zero-order valence-electron chi connectivity index (χ0n) is 12.4. The Morgan fingerprint density at radius 1 is 1.42 bits per heavy atom. The third kappa shape index (κ3) is 3.45. The Bertz CT molecular complexity index is 441. The maximum atomic E-state index is 12.2. The van der Waals surface area contributed by atoms with E-state index < -0.39 is 0 Å². The molecule has 0 aliphatic rings. The third-order valence-electron chi connectivity index (χ3n) is 3.00. The molecule has 0 aromatic carbocycles. The molecule has 0 spiro atoms. The van der Waals surface area contributed by atoms with Crippen LogP contribution in [0.25, 0.3) is 0 Å². The number of hydrogen-bond donors (Lipinski definition) is 1. The first kappa shape index (κ1) is 16.4. The molecule has 19 heavy (non-hydrogen) atoms. The molecule has 0 fully saturated rings. The summed E-state index contributed by atoms with van der Waals surface area (Å²) in [5.41, 5.74) is 6.85. The minimum Gasteiger partial charge on any atom is -0.396 e. The average Bonchev–Trinajstić information content (AvgIpc) is 2.71. The highest BCUT2D eigenvalue weighted by Crippen LogP contribution is 2.44. The molecule has 0 radical (unpaired) electrons. The minimum atomic E-state index is -0.00948. The second-order valence-electron chi connectivity index (χ2n) is 4.78. The van der Waals surface area contributed by atoms with Crippen molar-refractivity contribution < 1.29 is 4.79 Å². The number of ketones is 1. The van der Waals surface area contributed by atoms with E-state index >= 15 is 0 Å². The topological polar surface area (TPSA) is 46.3 Å². The number of carbonyl (C=O) groups excluding carboxylic acids is 1. The number of nitrogens with zero attached hydrogens (tertiary/aromatic N) is 1. The van der Waals surface area contributed by atoms with Gasteiger partial charge in [0.05, 0.1) is 15.5 Å². The highest BCUT2D eigenvalue weighted by atomic mass is 32.2. The van der Waals surface area contributed by atoms with Crippen molar-refractivity contribution in [1.82, 2.24) is 0 Å². The number of nitrogens with two attached hydrogens (primary N) is 1. The molecule has 0 unspecified atom stereocenters. The van der Waals surface area contributed by atoms with Crippen LogP contribution in [0.5, 0.6) is 0 Å². The highest BCUT2D eigenvalue weighted by molar-refractivity contribution is 7.99. The third-order valence-corrected chi connectivity index (χ3v) is 5.23. The van der Waals surface area contributed by atoms with Crippen LogP contribution in [0.15, 0.2) is 4.90 Å². The van der Waals surface area contributed by atoms with Crippen LogP contribution in [0.3, 0.4) is 0 Å². The van der Waals surface area contributed by atoms with Gasteiger partial charge in [-0.05, 0) is 19.6 Å². The molecule has 1 aromatic rings. The quantitative estimate of drug-likeness (QED) is 0.607. The molecule has 1 heterocycles. The van der Waals surface area contributed by atoms with Crippen LogP contribution in [0.4, 0.5) is 10.7 Å². The van der Waals surface area contributed by atoms with Crippen LogP contribution < -0.4 is 10.6 Å². The van der Waals surface area contributed by atoms with Gasteiger partial charge < -0.3 is 10.6 Å². The van der Waals surface area contributed by atoms with Crippen molar-refractivity contribution in [1.29, 1.82) is 0 Å². The zero-order valence-corrected chi connectivity index (χ0v) is 14.1. The maximum absolute atomic E-state index is 12.2. The molecule has 3 nitrogen and oxygen atoms in total. The van der Waals surface area contributed by atoms with Crippen molar-refractivity contribution in [3.05, 3.63) is 4.88 Å². The second-order valence-corrected chi connectivity index (χ2v) is 6.60. The molecule has 1 rings (SSSR count). The molecule has 0 amide bonds. The fraction of sp³-hybridized carbons (Fsp3) is 0.643. The number of anilines is 2. The smallest absolute Gasteiger partial charge is 0.177 e. The van der Waals surface area contributed by atoms with Crippen molar-refractivity contribution in [2.45, 2.75) is 39.0 Å². The van der Waals surface area contributed by atoms with E-state index in [1.165, 1.54) is 0 Å². The van der Waals surface area contributed by atoms with Crippen molar-refractivity contribution in [3.8, 4) is 0 Å². The molecule has 0 aliphatic carbocycles. The first-order chi connectivity index (χ1) is 8.97. The SMILES string of the molecule is CCCN(CC)c1sc(C(=O)C(C)C)c(N)c1SC. The van der Waals surface area contributed by atoms with E-state index in [1.54, 1.807) is 23.1 Å². The summed E-state index contributed by atoms with van der Waals surface area (Å²) < 4.78 is 0. The van der Waals surface area contributed by atoms with Crippen LogP contribution in [0.1, 0.15) is 43.8 Å². The molecular weight excluding hydrogens is 276 g/mol. The molecule has 5 heteroatoms. The second kappa shape index (κ2) is 7.20. The summed E-state index contributed by atoms with van der Waals surface area (Å²) in [6, 6.07) is 0. The van der Waals surface area contributed by atoms with Crippen LogP contribution >= 0.6 is 23.1 Å². The maximum Gasteiger partial charge on any atom is 0.177 e. The monoisotopic (exact) mass is 300 g/mol. The van der Waals surface area contributed by atoms with Gasteiger partial charge >= 0.3 is 0 Å². The summed E-state index contributed by atoms with van der Waals surface area (Å²) >= 11 is 3.18. The Labute approximate surface area is 124 Å². The van der Waals surface area contributed by atoms with Gasteiger partial charge in [-0.3, -0.25) is 4.79 Å². The van der Waals surface area contributed by atoms with E-state index in [9.17, 15) is 4.79 Å². The van der Waals surface area contributed by atoms with Crippen molar-refractivity contribution in [2.75, 3.05) is 30.0 Å². The summed E-state index contributed by atoms with van der Waals surface area (Å²) in [5, 5.41) is 1.15. The van der Waals surface area contributed by atoms with Crippen molar-refractivity contribution >= 4 is 39.6 Å². The van der Waals surface area contributed by atoms with E-state index in [1.807, 2.05) is 20.1 Å². The predicted octanol–water partition coefficient (Wildman–Crippen LogP) is 4.13. The zero-order chi connectivity index (χ0) is 14.6. The Kier molecular flexibility index (Phi) is 6.20. The van der Waals surface area contributed by atoms with Gasteiger partial charge in [-0.25, -0.2) is 0 Å². The molecule has 0 saturated heterocycles. The Balaban J connectivity index is 3.25. The number of carbonyl (C=O) groups is 1. The molecule has 108 valence electrons. The average molecular weight is 300 g/mol. The fourth-order valence-electron chi connectivity index (χ4n) is 1.94. The summed E-state index contributed by atoms with van der Waals surface area (Å²) in [6.07, 6.45) is 3.11. The predicted molar refractivity (Wildman–Crippen MR) is 87.9 cm³/mol. The highest BCUT2D eigenvalue weighted by Gasteiger charge is 2.24. The number of hydrogen-bond acceptors (Lipinski definition) is 5. The number of thiophene rings is 1. The van der Waals surface area contributed by atoms with E-state index in [2.05, 4.69) is 18.7 Å². The van der Waals surface area contributed by atoms with E-state index in [4.69, 9.17) is 5.73 Å². The molecule has 0 aliphatic heterocycles. The summed E-state index contributed by atoms with van der Waals surface area (Å²) in [7, 11) is 0. The van der Waals surface area contributed by atoms with Crippen molar-refractivity contribution in [2.24, 2.45) is 5.92 Å². The number of thioether (sulfide) groups is 1. The molecule has 2 N–H and O–H groups in total. The van der Waals surface area contributed by atoms with Crippen LogP contribution in [-0.4, -0.2) is 25.1 Å². The molecule has 0 atom stereocenters. The van der Waals surface area contributed by atoms with E-state index in [-0.39, 0.29) is 11.7 Å². The lowest BCUT2D eigenvalue weighted by molar-refractivity contribution is 0.0944. The van der Waals surface area contributed by atoms with Crippen LogP contribution in [-0.2, 0) is 0 Å². The van der Waals surface area contributed by atoms with Gasteiger partial charge in [-0.2, -0.15) is 0 Å². The number of Topliss-reactive ketones (excluding diaryl/α,β-unsaturated/α-hetero) is 1. The van der Waals surface area contributed by atoms with Gasteiger partial charge in [0, 0.05) is 19.0 Å². The lowest BCUT2D eigenvalue weighted by Gasteiger charge is -2.21. The molecular formula is C14H24N2OS2. The summed E-state index contributed by atoms with van der Waals surface area (Å²) in [5.74, 6) is 0.140. The standard InChI is InChI=1S/C14H24N2OS2/c1-6-8-16(7-2)14-13(18-5)10(15)12(19-14)11(17)9(3)4/h9H,6-8,15H2,1-5H3. The lowest BCUT2D eigenvalue weighted by atomic mass is 10.1. The van der Waals surface area contributed by atoms with Gasteiger partial charge in [-0.15, -0.1) is 23.1 Å². The minimum absolute atomic E-state index is 0.00948. The van der Waals surface area contributed by atoms with Crippen molar-refractivity contribution in [3.63, 3.8) is 0 Å². The van der Waals surface area contributed by atoms with Gasteiger partial charge in [-0.1, -0.05) is 20.8 Å². The van der Waals surface area contributed by atoms with Gasteiger partial charge in [0.1, 0.15) is 5.00 Å². The Morgan fingerprint density at radius 2 is 2.05 bits per heavy atom.